The van der Waals surface area contributed by atoms with Crippen molar-refractivity contribution in [1.82, 2.24) is 4.98 Å². The van der Waals surface area contributed by atoms with Gasteiger partial charge in [0.2, 0.25) is 0 Å². The Labute approximate surface area is 53.3 Å². The predicted molar refractivity (Wildman–Crippen MR) is 33.4 cm³/mol. The first-order chi connectivity index (χ1) is 3.43. The summed E-state index contributed by atoms with van der Waals surface area (Å²) in [5.74, 6) is 0. The second kappa shape index (κ2) is 3.27. The van der Waals surface area contributed by atoms with E-state index in [1.54, 1.807) is 18.3 Å². The van der Waals surface area contributed by atoms with Crippen LogP contribution in [0.25, 0.3) is 0 Å². The van der Waals surface area contributed by atoms with E-state index in [9.17, 15) is 4.79 Å². The van der Waals surface area contributed by atoms with Crippen LogP contribution in [-0.2, 0) is 0 Å². The summed E-state index contributed by atoms with van der Waals surface area (Å²) in [4.78, 5) is 12.6. The SMILES string of the molecule is Cl.O=Cc1ccc[nH]1. The Morgan fingerprint density at radius 3 is 2.62 bits per heavy atom. The number of aromatic amines is 1. The molecule has 44 valence electrons. The normalized spacial score (nSPS) is 7.50. The molecule has 0 aliphatic carbocycles. The molecule has 1 rings (SSSR count). The van der Waals surface area contributed by atoms with Gasteiger partial charge >= 0.3 is 0 Å². The predicted octanol–water partition coefficient (Wildman–Crippen LogP) is 1.25. The zero-order valence-electron chi connectivity index (χ0n) is 4.13. The molecule has 0 aromatic carbocycles. The zero-order chi connectivity index (χ0) is 5.11. The summed E-state index contributed by atoms with van der Waals surface area (Å²) in [5, 5.41) is 0. The van der Waals surface area contributed by atoms with E-state index in [4.69, 9.17) is 0 Å². The average Bonchev–Trinajstić information content (AvgIpc) is 2.14. The van der Waals surface area contributed by atoms with Crippen LogP contribution in [0.3, 0.4) is 0 Å². The van der Waals surface area contributed by atoms with E-state index in [1.807, 2.05) is 0 Å². The fourth-order valence-electron chi connectivity index (χ4n) is 0.418. The van der Waals surface area contributed by atoms with Crippen LogP contribution < -0.4 is 0 Å². The molecule has 0 saturated carbocycles. The summed E-state index contributed by atoms with van der Waals surface area (Å²) in [6, 6.07) is 3.50. The van der Waals surface area contributed by atoms with Crippen LogP contribution in [0, 0.1) is 0 Å². The first-order valence-electron chi connectivity index (χ1n) is 2.02. The van der Waals surface area contributed by atoms with Crippen LogP contribution in [0.2, 0.25) is 0 Å². The Balaban J connectivity index is 0.000000490. The summed E-state index contributed by atoms with van der Waals surface area (Å²) in [7, 11) is 0. The Hall–Kier alpha value is -0.760. The van der Waals surface area contributed by atoms with Gasteiger partial charge in [-0.1, -0.05) is 0 Å². The van der Waals surface area contributed by atoms with Gasteiger partial charge in [-0.15, -0.1) is 12.4 Å². The molecule has 0 atom stereocenters. The fraction of sp³-hybridized carbons (Fsp3) is 0. The van der Waals surface area contributed by atoms with Gasteiger partial charge in [-0.2, -0.15) is 0 Å². The molecule has 1 aromatic heterocycles. The number of aldehydes is 1. The molecular formula is C5H6ClNO. The molecule has 1 aromatic rings. The molecule has 1 heterocycles. The number of H-pyrrole nitrogens is 1. The van der Waals surface area contributed by atoms with Crippen molar-refractivity contribution in [3.05, 3.63) is 24.0 Å². The smallest absolute Gasteiger partial charge is 0.166 e. The van der Waals surface area contributed by atoms with Crippen molar-refractivity contribution >= 4 is 18.7 Å². The molecule has 0 unspecified atom stereocenters. The summed E-state index contributed by atoms with van der Waals surface area (Å²) in [6.45, 7) is 0. The molecule has 2 nitrogen and oxygen atoms in total. The van der Waals surface area contributed by atoms with Crippen molar-refractivity contribution < 1.29 is 4.79 Å². The summed E-state index contributed by atoms with van der Waals surface area (Å²) in [5.41, 5.74) is 0.625. The van der Waals surface area contributed by atoms with Crippen molar-refractivity contribution in [2.45, 2.75) is 0 Å². The number of carbonyl (C=O) groups is 1. The molecule has 0 aliphatic heterocycles. The zero-order valence-corrected chi connectivity index (χ0v) is 4.94. The summed E-state index contributed by atoms with van der Waals surface area (Å²) < 4.78 is 0. The first kappa shape index (κ1) is 7.24. The van der Waals surface area contributed by atoms with E-state index in [1.165, 1.54) is 0 Å². The van der Waals surface area contributed by atoms with Crippen LogP contribution in [-0.4, -0.2) is 11.3 Å². The van der Waals surface area contributed by atoms with Gasteiger partial charge < -0.3 is 4.98 Å². The minimum Gasteiger partial charge on any atom is -0.359 e. The third-order valence-electron chi connectivity index (χ3n) is 0.749. The van der Waals surface area contributed by atoms with Gasteiger partial charge in [0.25, 0.3) is 0 Å². The average molecular weight is 132 g/mol. The minimum atomic E-state index is 0. The molecule has 0 bridgehead atoms. The van der Waals surface area contributed by atoms with Gasteiger partial charge in [-0.25, -0.2) is 0 Å². The number of halogens is 1. The van der Waals surface area contributed by atoms with Gasteiger partial charge in [-0.3, -0.25) is 4.79 Å². The van der Waals surface area contributed by atoms with Crippen LogP contribution in [0.15, 0.2) is 18.3 Å². The van der Waals surface area contributed by atoms with Crippen molar-refractivity contribution in [2.24, 2.45) is 0 Å². The summed E-state index contributed by atoms with van der Waals surface area (Å²) in [6.07, 6.45) is 2.49. The Kier molecular flexibility index (Phi) is 2.96. The van der Waals surface area contributed by atoms with Crippen molar-refractivity contribution in [3.63, 3.8) is 0 Å². The monoisotopic (exact) mass is 131 g/mol. The second-order valence-electron chi connectivity index (χ2n) is 1.24. The molecule has 1 N–H and O–H groups in total. The summed E-state index contributed by atoms with van der Waals surface area (Å²) >= 11 is 0. The quantitative estimate of drug-likeness (QED) is 0.572. The van der Waals surface area contributed by atoms with Crippen LogP contribution in [0.5, 0.6) is 0 Å². The topological polar surface area (TPSA) is 32.9 Å². The third-order valence-corrected chi connectivity index (χ3v) is 0.749. The lowest BCUT2D eigenvalue weighted by Gasteiger charge is -1.70. The molecule has 0 spiro atoms. The molecule has 0 fully saturated rings. The van der Waals surface area contributed by atoms with Crippen LogP contribution in [0.1, 0.15) is 10.5 Å². The van der Waals surface area contributed by atoms with Gasteiger partial charge in [-0.05, 0) is 12.1 Å². The number of rotatable bonds is 1. The number of aromatic nitrogens is 1. The standard InChI is InChI=1S/C5H5NO.ClH/c7-4-5-2-1-3-6-5;/h1-4,6H;1H. The molecule has 8 heavy (non-hydrogen) atoms. The maximum Gasteiger partial charge on any atom is 0.166 e. The van der Waals surface area contributed by atoms with E-state index in [0.717, 1.165) is 6.29 Å². The third kappa shape index (κ3) is 1.39. The van der Waals surface area contributed by atoms with Crippen molar-refractivity contribution in [3.8, 4) is 0 Å². The van der Waals surface area contributed by atoms with E-state index < -0.39 is 0 Å². The minimum absolute atomic E-state index is 0. The highest BCUT2D eigenvalue weighted by Crippen LogP contribution is 1.85. The van der Waals surface area contributed by atoms with Crippen molar-refractivity contribution in [1.29, 1.82) is 0 Å². The van der Waals surface area contributed by atoms with Crippen molar-refractivity contribution in [2.75, 3.05) is 0 Å². The highest BCUT2D eigenvalue weighted by Gasteiger charge is 1.81. The highest BCUT2D eigenvalue weighted by molar-refractivity contribution is 5.85. The largest absolute Gasteiger partial charge is 0.359 e. The molecule has 3 heteroatoms. The highest BCUT2D eigenvalue weighted by atomic mass is 35.5. The number of carbonyl (C=O) groups excluding carboxylic acids is 1. The fourth-order valence-corrected chi connectivity index (χ4v) is 0.418. The van der Waals surface area contributed by atoms with Gasteiger partial charge in [0, 0.05) is 6.20 Å². The van der Waals surface area contributed by atoms with Gasteiger partial charge in [0.1, 0.15) is 0 Å². The molecular weight excluding hydrogens is 126 g/mol. The van der Waals surface area contributed by atoms with E-state index >= 15 is 0 Å². The lowest BCUT2D eigenvalue weighted by Crippen LogP contribution is -1.72. The van der Waals surface area contributed by atoms with Gasteiger partial charge in [0.15, 0.2) is 6.29 Å². The van der Waals surface area contributed by atoms with Crippen LogP contribution >= 0.6 is 12.4 Å². The Morgan fingerprint density at radius 1 is 1.62 bits per heavy atom. The van der Waals surface area contributed by atoms with E-state index in [-0.39, 0.29) is 12.4 Å². The maximum absolute atomic E-state index is 9.84. The molecule has 0 radical (unpaired) electrons. The lowest BCUT2D eigenvalue weighted by molar-refractivity contribution is 0.111. The number of nitrogens with one attached hydrogen (secondary N) is 1. The second-order valence-corrected chi connectivity index (χ2v) is 1.24. The van der Waals surface area contributed by atoms with Crippen LogP contribution in [0.4, 0.5) is 0 Å². The Bertz CT molecular complexity index is 147. The van der Waals surface area contributed by atoms with Gasteiger partial charge in [0.05, 0.1) is 5.69 Å². The molecule has 0 aliphatic rings. The Morgan fingerprint density at radius 2 is 2.38 bits per heavy atom. The first-order valence-corrected chi connectivity index (χ1v) is 2.02. The molecule has 0 amide bonds. The van der Waals surface area contributed by atoms with E-state index in [0.29, 0.717) is 5.69 Å². The van der Waals surface area contributed by atoms with E-state index in [2.05, 4.69) is 4.98 Å². The molecule has 0 saturated heterocycles. The lowest BCUT2D eigenvalue weighted by atomic mass is 10.5. The number of hydrogen-bond donors (Lipinski definition) is 1. The maximum atomic E-state index is 9.84. The number of hydrogen-bond acceptors (Lipinski definition) is 1.